The first kappa shape index (κ1) is 17.3. The fourth-order valence-electron chi connectivity index (χ4n) is 3.77. The van der Waals surface area contributed by atoms with Crippen LogP contribution in [0.3, 0.4) is 0 Å². The van der Waals surface area contributed by atoms with Crippen molar-refractivity contribution in [3.8, 4) is 5.75 Å². The van der Waals surface area contributed by atoms with Crippen LogP contribution in [0.25, 0.3) is 0 Å². The van der Waals surface area contributed by atoms with Crippen molar-refractivity contribution in [3.63, 3.8) is 0 Å². The van der Waals surface area contributed by atoms with Crippen molar-refractivity contribution in [1.82, 2.24) is 9.80 Å². The minimum absolute atomic E-state index is 0.231. The monoisotopic (exact) mass is 330 g/mol. The number of piperidine rings is 2. The summed E-state index contributed by atoms with van der Waals surface area (Å²) in [6, 6.07) is 8.66. The van der Waals surface area contributed by atoms with Crippen LogP contribution >= 0.6 is 0 Å². The van der Waals surface area contributed by atoms with Crippen LogP contribution in [0.2, 0.25) is 0 Å². The lowest BCUT2D eigenvalue weighted by Crippen LogP contribution is -2.45. The highest BCUT2D eigenvalue weighted by atomic mass is 16.5. The highest BCUT2D eigenvalue weighted by Gasteiger charge is 2.27. The van der Waals surface area contributed by atoms with E-state index < -0.39 is 0 Å². The van der Waals surface area contributed by atoms with Crippen LogP contribution in [-0.4, -0.2) is 54.5 Å². The predicted octanol–water partition coefficient (Wildman–Crippen LogP) is 3.24. The van der Waals surface area contributed by atoms with Crippen LogP contribution < -0.4 is 4.74 Å². The van der Waals surface area contributed by atoms with Gasteiger partial charge in [0.2, 0.25) is 5.91 Å². The SMILES string of the molecule is Cc1ccc(OC2CCN(C(=O)CC3CCCCN3C)CC2)cc1. The zero-order valence-electron chi connectivity index (χ0n) is 15.0. The second-order valence-electron chi connectivity index (χ2n) is 7.35. The summed E-state index contributed by atoms with van der Waals surface area (Å²) in [5.74, 6) is 1.26. The zero-order chi connectivity index (χ0) is 16.9. The lowest BCUT2D eigenvalue weighted by molar-refractivity contribution is -0.134. The van der Waals surface area contributed by atoms with Crippen molar-refractivity contribution < 1.29 is 9.53 Å². The molecule has 2 aliphatic heterocycles. The average molecular weight is 330 g/mol. The summed E-state index contributed by atoms with van der Waals surface area (Å²) >= 11 is 0. The number of hydrogen-bond acceptors (Lipinski definition) is 3. The van der Waals surface area contributed by atoms with E-state index in [0.29, 0.717) is 18.4 Å². The van der Waals surface area contributed by atoms with E-state index in [1.807, 2.05) is 17.0 Å². The van der Waals surface area contributed by atoms with Crippen LogP contribution in [0, 0.1) is 6.92 Å². The second-order valence-corrected chi connectivity index (χ2v) is 7.35. The summed E-state index contributed by atoms with van der Waals surface area (Å²) < 4.78 is 6.06. The number of nitrogens with zero attached hydrogens (tertiary/aromatic N) is 2. The molecule has 2 saturated heterocycles. The molecule has 0 spiro atoms. The van der Waals surface area contributed by atoms with E-state index in [-0.39, 0.29) is 6.10 Å². The number of ether oxygens (including phenoxy) is 1. The van der Waals surface area contributed by atoms with Crippen LogP contribution in [0.15, 0.2) is 24.3 Å². The molecule has 132 valence electrons. The molecule has 24 heavy (non-hydrogen) atoms. The van der Waals surface area contributed by atoms with Crippen molar-refractivity contribution in [2.75, 3.05) is 26.7 Å². The number of carbonyl (C=O) groups excluding carboxylic acids is 1. The third kappa shape index (κ3) is 4.50. The fraction of sp³-hybridized carbons (Fsp3) is 0.650. The molecule has 1 unspecified atom stereocenters. The molecule has 0 aromatic heterocycles. The van der Waals surface area contributed by atoms with Crippen molar-refractivity contribution in [2.45, 2.75) is 57.6 Å². The Hall–Kier alpha value is -1.55. The van der Waals surface area contributed by atoms with Crippen LogP contribution in [0.1, 0.15) is 44.1 Å². The number of likely N-dealkylation sites (tertiary alicyclic amines) is 2. The molecule has 0 radical (unpaired) electrons. The summed E-state index contributed by atoms with van der Waals surface area (Å²) in [6.07, 6.45) is 6.46. The lowest BCUT2D eigenvalue weighted by Gasteiger charge is -2.36. The summed E-state index contributed by atoms with van der Waals surface area (Å²) in [7, 11) is 2.15. The molecular weight excluding hydrogens is 300 g/mol. The Balaban J connectivity index is 1.44. The molecule has 4 nitrogen and oxygen atoms in total. The third-order valence-electron chi connectivity index (χ3n) is 5.45. The standard InChI is InChI=1S/C20H30N2O2/c1-16-6-8-18(9-7-16)24-19-10-13-22(14-11-19)20(23)15-17-5-3-4-12-21(17)2/h6-9,17,19H,3-5,10-15H2,1-2H3. The largest absolute Gasteiger partial charge is 0.490 e. The van der Waals surface area contributed by atoms with E-state index in [1.165, 1.54) is 18.4 Å². The highest BCUT2D eigenvalue weighted by molar-refractivity contribution is 5.77. The molecular formula is C20H30N2O2. The average Bonchev–Trinajstić information content (AvgIpc) is 2.59. The van der Waals surface area contributed by atoms with Gasteiger partial charge in [-0.15, -0.1) is 0 Å². The first-order chi connectivity index (χ1) is 11.6. The van der Waals surface area contributed by atoms with Gasteiger partial charge in [-0.1, -0.05) is 24.1 Å². The maximum Gasteiger partial charge on any atom is 0.224 e. The number of aryl methyl sites for hydroxylation is 1. The van der Waals surface area contributed by atoms with Gasteiger partial charge in [0.25, 0.3) is 0 Å². The molecule has 1 amide bonds. The van der Waals surface area contributed by atoms with Crippen LogP contribution in [-0.2, 0) is 4.79 Å². The minimum Gasteiger partial charge on any atom is -0.490 e. The molecule has 0 aliphatic carbocycles. The van der Waals surface area contributed by atoms with Gasteiger partial charge in [-0.25, -0.2) is 0 Å². The third-order valence-corrected chi connectivity index (χ3v) is 5.45. The number of amides is 1. The molecule has 1 atom stereocenters. The van der Waals surface area contributed by atoms with E-state index in [0.717, 1.165) is 44.6 Å². The second kappa shape index (κ2) is 8.02. The van der Waals surface area contributed by atoms with E-state index in [4.69, 9.17) is 4.74 Å². The summed E-state index contributed by atoms with van der Waals surface area (Å²) in [5.41, 5.74) is 1.25. The molecule has 2 heterocycles. The van der Waals surface area contributed by atoms with E-state index in [9.17, 15) is 4.79 Å². The minimum atomic E-state index is 0.231. The maximum absolute atomic E-state index is 12.6. The molecule has 0 saturated carbocycles. The Bertz CT molecular complexity index is 535. The number of benzene rings is 1. The Kier molecular flexibility index (Phi) is 5.77. The molecule has 2 fully saturated rings. The Morgan fingerprint density at radius 3 is 2.46 bits per heavy atom. The first-order valence-electron chi connectivity index (χ1n) is 9.33. The van der Waals surface area contributed by atoms with Gasteiger partial charge in [0.05, 0.1) is 0 Å². The Morgan fingerprint density at radius 1 is 1.08 bits per heavy atom. The van der Waals surface area contributed by atoms with Gasteiger partial charge in [-0.05, 0) is 45.5 Å². The highest BCUT2D eigenvalue weighted by Crippen LogP contribution is 2.22. The van der Waals surface area contributed by atoms with Gasteiger partial charge in [0.1, 0.15) is 11.9 Å². The maximum atomic E-state index is 12.6. The van der Waals surface area contributed by atoms with Crippen molar-refractivity contribution in [1.29, 1.82) is 0 Å². The van der Waals surface area contributed by atoms with Gasteiger partial charge >= 0.3 is 0 Å². The van der Waals surface area contributed by atoms with E-state index in [1.54, 1.807) is 0 Å². The normalized spacial score (nSPS) is 23.2. The van der Waals surface area contributed by atoms with Crippen LogP contribution in [0.4, 0.5) is 0 Å². The topological polar surface area (TPSA) is 32.8 Å². The number of hydrogen-bond donors (Lipinski definition) is 0. The molecule has 1 aromatic rings. The predicted molar refractivity (Wildman–Crippen MR) is 96.3 cm³/mol. The molecule has 0 N–H and O–H groups in total. The number of carbonyl (C=O) groups is 1. The van der Waals surface area contributed by atoms with Crippen molar-refractivity contribution in [2.24, 2.45) is 0 Å². The smallest absolute Gasteiger partial charge is 0.224 e. The molecule has 1 aromatic carbocycles. The van der Waals surface area contributed by atoms with Crippen molar-refractivity contribution >= 4 is 5.91 Å². The van der Waals surface area contributed by atoms with Gasteiger partial charge in [-0.3, -0.25) is 4.79 Å². The molecule has 3 rings (SSSR count). The van der Waals surface area contributed by atoms with Crippen molar-refractivity contribution in [3.05, 3.63) is 29.8 Å². The van der Waals surface area contributed by atoms with E-state index >= 15 is 0 Å². The Labute approximate surface area is 145 Å². The molecule has 4 heteroatoms. The van der Waals surface area contributed by atoms with Gasteiger partial charge in [-0.2, -0.15) is 0 Å². The quantitative estimate of drug-likeness (QED) is 0.850. The molecule has 2 aliphatic rings. The van der Waals surface area contributed by atoms with Gasteiger partial charge in [0.15, 0.2) is 0 Å². The number of rotatable bonds is 4. The zero-order valence-corrected chi connectivity index (χ0v) is 15.0. The van der Waals surface area contributed by atoms with E-state index in [2.05, 4.69) is 31.0 Å². The summed E-state index contributed by atoms with van der Waals surface area (Å²) in [4.78, 5) is 17.0. The van der Waals surface area contributed by atoms with Crippen LogP contribution in [0.5, 0.6) is 5.75 Å². The Morgan fingerprint density at radius 2 is 1.79 bits per heavy atom. The van der Waals surface area contributed by atoms with Gasteiger partial charge < -0.3 is 14.5 Å². The summed E-state index contributed by atoms with van der Waals surface area (Å²) in [5, 5.41) is 0. The van der Waals surface area contributed by atoms with Gasteiger partial charge in [0, 0.05) is 38.4 Å². The molecule has 0 bridgehead atoms. The fourth-order valence-corrected chi connectivity index (χ4v) is 3.77. The lowest BCUT2D eigenvalue weighted by atomic mass is 9.98. The first-order valence-corrected chi connectivity index (χ1v) is 9.33. The summed E-state index contributed by atoms with van der Waals surface area (Å²) in [6.45, 7) is 4.86.